The van der Waals surface area contributed by atoms with Crippen LogP contribution in [0.5, 0.6) is 5.75 Å². The van der Waals surface area contributed by atoms with Crippen molar-refractivity contribution in [2.45, 2.75) is 0 Å². The minimum absolute atomic E-state index is 0.0728. The number of nitrogens with one attached hydrogen (secondary N) is 1. The molecular formula is C14H13N3O5. The minimum Gasteiger partial charge on any atom is -0.501 e. The summed E-state index contributed by atoms with van der Waals surface area (Å²) in [5.74, 6) is -2.62. The fraction of sp³-hybridized carbons (Fsp3) is 0.143. The van der Waals surface area contributed by atoms with E-state index in [0.717, 1.165) is 4.57 Å². The number of carboxylic acid groups (broad SMARTS) is 1. The first kappa shape index (κ1) is 15.2. The summed E-state index contributed by atoms with van der Waals surface area (Å²) in [6.45, 7) is 0. The van der Waals surface area contributed by atoms with Crippen LogP contribution in [0.15, 0.2) is 29.1 Å². The van der Waals surface area contributed by atoms with Gasteiger partial charge in [-0.25, -0.2) is 9.78 Å². The van der Waals surface area contributed by atoms with E-state index in [1.54, 1.807) is 0 Å². The van der Waals surface area contributed by atoms with Crippen LogP contribution >= 0.6 is 0 Å². The standard InChI is InChI=1S/C14H13N3O5/c1-15-12(19)8-5-3-7(4-6-8)11-16-9(14(21)22)10(18)13(20)17(11)2/h3-6,18H,1-2H3,(H,15,19)(H,21,22). The van der Waals surface area contributed by atoms with Gasteiger partial charge in [-0.05, 0) is 12.1 Å². The molecule has 22 heavy (non-hydrogen) atoms. The molecule has 0 saturated carbocycles. The van der Waals surface area contributed by atoms with Crippen molar-refractivity contribution >= 4 is 11.9 Å². The molecule has 0 aliphatic carbocycles. The number of hydrogen-bond donors (Lipinski definition) is 3. The molecule has 3 N–H and O–H groups in total. The molecule has 1 aromatic heterocycles. The van der Waals surface area contributed by atoms with Crippen LogP contribution in [0.1, 0.15) is 20.8 Å². The van der Waals surface area contributed by atoms with Gasteiger partial charge in [0, 0.05) is 25.2 Å². The summed E-state index contributed by atoms with van der Waals surface area (Å²) in [4.78, 5) is 38.2. The van der Waals surface area contributed by atoms with Crippen LogP contribution in [0, 0.1) is 0 Å². The summed E-state index contributed by atoms with van der Waals surface area (Å²) in [5, 5.41) is 21.0. The normalized spacial score (nSPS) is 10.3. The third-order valence-electron chi connectivity index (χ3n) is 3.10. The molecule has 0 aliphatic heterocycles. The monoisotopic (exact) mass is 303 g/mol. The highest BCUT2D eigenvalue weighted by molar-refractivity contribution is 5.94. The predicted molar refractivity (Wildman–Crippen MR) is 76.9 cm³/mol. The molecule has 0 saturated heterocycles. The average molecular weight is 303 g/mol. The lowest BCUT2D eigenvalue weighted by molar-refractivity contribution is 0.0686. The van der Waals surface area contributed by atoms with E-state index >= 15 is 0 Å². The van der Waals surface area contributed by atoms with E-state index in [1.165, 1.54) is 38.4 Å². The number of benzene rings is 1. The maximum absolute atomic E-state index is 11.9. The van der Waals surface area contributed by atoms with Crippen molar-refractivity contribution in [2.75, 3.05) is 7.05 Å². The highest BCUT2D eigenvalue weighted by Crippen LogP contribution is 2.19. The number of hydrogen-bond acceptors (Lipinski definition) is 5. The average Bonchev–Trinajstić information content (AvgIpc) is 2.52. The maximum atomic E-state index is 11.9. The van der Waals surface area contributed by atoms with Crippen LogP contribution in [0.4, 0.5) is 0 Å². The Morgan fingerprint density at radius 3 is 2.32 bits per heavy atom. The molecule has 0 spiro atoms. The number of amides is 1. The van der Waals surface area contributed by atoms with Gasteiger partial charge in [0.1, 0.15) is 5.82 Å². The summed E-state index contributed by atoms with van der Waals surface area (Å²) < 4.78 is 1.04. The number of rotatable bonds is 3. The lowest BCUT2D eigenvalue weighted by Gasteiger charge is -2.10. The van der Waals surface area contributed by atoms with Gasteiger partial charge in [0.2, 0.25) is 5.75 Å². The summed E-state index contributed by atoms with van der Waals surface area (Å²) >= 11 is 0. The molecule has 0 bridgehead atoms. The Bertz CT molecular complexity index is 808. The molecule has 114 valence electrons. The van der Waals surface area contributed by atoms with E-state index in [4.69, 9.17) is 5.11 Å². The highest BCUT2D eigenvalue weighted by Gasteiger charge is 2.20. The molecule has 8 heteroatoms. The van der Waals surface area contributed by atoms with Gasteiger partial charge < -0.3 is 15.5 Å². The molecule has 0 fully saturated rings. The van der Waals surface area contributed by atoms with E-state index in [0.29, 0.717) is 11.1 Å². The lowest BCUT2D eigenvalue weighted by Crippen LogP contribution is -2.23. The second-order valence-electron chi connectivity index (χ2n) is 4.46. The fourth-order valence-corrected chi connectivity index (χ4v) is 1.91. The molecule has 8 nitrogen and oxygen atoms in total. The van der Waals surface area contributed by atoms with E-state index in [9.17, 15) is 19.5 Å². The van der Waals surface area contributed by atoms with Gasteiger partial charge in [-0.3, -0.25) is 14.2 Å². The fourth-order valence-electron chi connectivity index (χ4n) is 1.91. The topological polar surface area (TPSA) is 122 Å². The zero-order valence-corrected chi connectivity index (χ0v) is 11.8. The smallest absolute Gasteiger partial charge is 0.358 e. The van der Waals surface area contributed by atoms with Gasteiger partial charge in [-0.2, -0.15) is 0 Å². The molecule has 2 rings (SSSR count). The zero-order chi connectivity index (χ0) is 16.4. The maximum Gasteiger partial charge on any atom is 0.358 e. The van der Waals surface area contributed by atoms with Crippen molar-refractivity contribution in [3.05, 3.63) is 45.9 Å². The van der Waals surface area contributed by atoms with Crippen LogP contribution in [0.3, 0.4) is 0 Å². The summed E-state index contributed by atoms with van der Waals surface area (Å²) in [6, 6.07) is 6.12. The van der Waals surface area contributed by atoms with Crippen LogP contribution in [0.25, 0.3) is 11.4 Å². The minimum atomic E-state index is -1.50. The molecule has 0 unspecified atom stereocenters. The number of aromatic carboxylic acids is 1. The number of nitrogens with zero attached hydrogens (tertiary/aromatic N) is 2. The first-order chi connectivity index (χ1) is 10.4. The van der Waals surface area contributed by atoms with E-state index in [1.807, 2.05) is 0 Å². The number of carbonyl (C=O) groups excluding carboxylic acids is 1. The second kappa shape index (κ2) is 5.68. The Morgan fingerprint density at radius 2 is 1.82 bits per heavy atom. The van der Waals surface area contributed by atoms with Gasteiger partial charge in [-0.15, -0.1) is 0 Å². The van der Waals surface area contributed by atoms with Crippen LogP contribution < -0.4 is 10.9 Å². The van der Waals surface area contributed by atoms with E-state index in [2.05, 4.69) is 10.3 Å². The Morgan fingerprint density at radius 1 is 1.23 bits per heavy atom. The molecular weight excluding hydrogens is 290 g/mol. The highest BCUT2D eigenvalue weighted by atomic mass is 16.4. The van der Waals surface area contributed by atoms with Gasteiger partial charge in [0.05, 0.1) is 0 Å². The molecule has 0 aliphatic rings. The largest absolute Gasteiger partial charge is 0.501 e. The van der Waals surface area contributed by atoms with Crippen LogP contribution in [-0.2, 0) is 7.05 Å². The Balaban J connectivity index is 2.60. The molecule has 0 radical (unpaired) electrons. The number of aromatic nitrogens is 2. The van der Waals surface area contributed by atoms with Crippen molar-refractivity contribution in [3.8, 4) is 17.1 Å². The Labute approximate surface area is 124 Å². The summed E-state index contributed by atoms with van der Waals surface area (Å²) in [7, 11) is 2.86. The molecule has 1 heterocycles. The molecule has 2 aromatic rings. The zero-order valence-electron chi connectivity index (χ0n) is 11.8. The number of carbonyl (C=O) groups is 2. The SMILES string of the molecule is CNC(=O)c1ccc(-c2nc(C(=O)O)c(O)c(=O)n2C)cc1. The Hall–Kier alpha value is -3.16. The summed E-state index contributed by atoms with van der Waals surface area (Å²) in [5.41, 5.74) is -0.727. The van der Waals surface area contributed by atoms with Gasteiger partial charge in [0.25, 0.3) is 11.5 Å². The quantitative estimate of drug-likeness (QED) is 0.745. The molecule has 1 aromatic carbocycles. The van der Waals surface area contributed by atoms with E-state index in [-0.39, 0.29) is 11.7 Å². The van der Waals surface area contributed by atoms with Gasteiger partial charge in [-0.1, -0.05) is 12.1 Å². The van der Waals surface area contributed by atoms with Crippen LogP contribution in [0.2, 0.25) is 0 Å². The van der Waals surface area contributed by atoms with Gasteiger partial charge >= 0.3 is 5.97 Å². The predicted octanol–water partition coefficient (Wildman–Crippen LogP) is 0.211. The van der Waals surface area contributed by atoms with Crippen molar-refractivity contribution in [1.29, 1.82) is 0 Å². The molecule has 0 atom stereocenters. The second-order valence-corrected chi connectivity index (χ2v) is 4.46. The van der Waals surface area contributed by atoms with Crippen molar-refractivity contribution < 1.29 is 19.8 Å². The Kier molecular flexibility index (Phi) is 3.93. The third kappa shape index (κ3) is 2.53. The number of aromatic hydroxyl groups is 1. The van der Waals surface area contributed by atoms with Crippen LogP contribution in [-0.4, -0.2) is 38.7 Å². The first-order valence-electron chi connectivity index (χ1n) is 6.22. The van der Waals surface area contributed by atoms with Gasteiger partial charge in [0.15, 0.2) is 5.69 Å². The lowest BCUT2D eigenvalue weighted by atomic mass is 10.1. The van der Waals surface area contributed by atoms with Crippen molar-refractivity contribution in [1.82, 2.24) is 14.9 Å². The third-order valence-corrected chi connectivity index (χ3v) is 3.10. The number of carboxylic acids is 1. The molecule has 1 amide bonds. The first-order valence-corrected chi connectivity index (χ1v) is 6.22. The van der Waals surface area contributed by atoms with Crippen molar-refractivity contribution in [3.63, 3.8) is 0 Å². The van der Waals surface area contributed by atoms with Crippen molar-refractivity contribution in [2.24, 2.45) is 7.05 Å². The van der Waals surface area contributed by atoms with E-state index < -0.39 is 23.0 Å². The summed E-state index contributed by atoms with van der Waals surface area (Å²) in [6.07, 6.45) is 0.